The van der Waals surface area contributed by atoms with Gasteiger partial charge in [0.2, 0.25) is 0 Å². The largest absolute Gasteiger partial charge is 0.497 e. The van der Waals surface area contributed by atoms with Crippen LogP contribution in [0.3, 0.4) is 0 Å². The van der Waals surface area contributed by atoms with E-state index in [4.69, 9.17) is 17.0 Å². The average molecular weight is 274 g/mol. The maximum Gasteiger partial charge on any atom is 0.133 e. The molecule has 4 heteroatoms. The fourth-order valence-electron chi connectivity index (χ4n) is 2.15. The van der Waals surface area contributed by atoms with Gasteiger partial charge in [0.05, 0.1) is 7.11 Å². The minimum absolute atomic E-state index is 0.705. The fraction of sp³-hybridized carbons (Fsp3) is 0.333. The van der Waals surface area contributed by atoms with Crippen molar-refractivity contribution in [3.05, 3.63) is 51.6 Å². The van der Waals surface area contributed by atoms with Crippen molar-refractivity contribution in [2.24, 2.45) is 0 Å². The molecule has 0 fully saturated rings. The molecular formula is C15H18N2OS. The van der Waals surface area contributed by atoms with Crippen LogP contribution in [-0.4, -0.2) is 17.1 Å². The third kappa shape index (κ3) is 3.20. The molecule has 1 aromatic heterocycles. The lowest BCUT2D eigenvalue weighted by atomic mass is 10.1. The summed E-state index contributed by atoms with van der Waals surface area (Å²) in [6.07, 6.45) is 1.64. The van der Waals surface area contributed by atoms with E-state index in [0.29, 0.717) is 4.64 Å². The number of hydrogen-bond donors (Lipinski definition) is 1. The molecule has 0 atom stereocenters. The zero-order valence-corrected chi connectivity index (χ0v) is 12.3. The van der Waals surface area contributed by atoms with Gasteiger partial charge in [-0.1, -0.05) is 31.3 Å². The van der Waals surface area contributed by atoms with Crippen LogP contribution < -0.4 is 4.74 Å². The highest BCUT2D eigenvalue weighted by Gasteiger charge is 2.05. The summed E-state index contributed by atoms with van der Waals surface area (Å²) in [6.45, 7) is 4.14. The summed E-state index contributed by atoms with van der Waals surface area (Å²) >= 11 is 5.34. The Bertz CT molecular complexity index is 634. The zero-order valence-electron chi connectivity index (χ0n) is 11.5. The van der Waals surface area contributed by atoms with E-state index in [1.165, 1.54) is 0 Å². The van der Waals surface area contributed by atoms with Crippen molar-refractivity contribution in [2.45, 2.75) is 26.7 Å². The number of rotatable bonds is 4. The van der Waals surface area contributed by atoms with Crippen molar-refractivity contribution in [1.29, 1.82) is 0 Å². The van der Waals surface area contributed by atoms with Crippen LogP contribution in [0.15, 0.2) is 24.3 Å². The molecule has 0 radical (unpaired) electrons. The quantitative estimate of drug-likeness (QED) is 0.865. The number of hydrogen-bond acceptors (Lipinski definition) is 3. The lowest BCUT2D eigenvalue weighted by Gasteiger charge is -2.08. The van der Waals surface area contributed by atoms with Gasteiger partial charge in [0.15, 0.2) is 0 Å². The highest BCUT2D eigenvalue weighted by atomic mass is 32.1. The Morgan fingerprint density at radius 2 is 2.16 bits per heavy atom. The first-order valence-electron chi connectivity index (χ1n) is 6.35. The third-order valence-corrected chi connectivity index (χ3v) is 3.48. The standard InChI is InChI=1S/C15H18N2OS/c1-4-13-10(2)16-14(17-15(13)19)9-11-6-5-7-12(8-11)18-3/h5-8H,4,9H2,1-3H3,(H,16,17,19). The van der Waals surface area contributed by atoms with E-state index in [1.54, 1.807) is 7.11 Å². The fourth-order valence-corrected chi connectivity index (χ4v) is 2.55. The molecule has 0 aliphatic carbocycles. The van der Waals surface area contributed by atoms with Crippen LogP contribution in [0, 0.1) is 11.6 Å². The molecule has 0 saturated heterocycles. The molecule has 0 unspecified atom stereocenters. The summed E-state index contributed by atoms with van der Waals surface area (Å²) < 4.78 is 5.93. The molecule has 19 heavy (non-hydrogen) atoms. The van der Waals surface area contributed by atoms with Gasteiger partial charge in [-0.05, 0) is 31.0 Å². The molecule has 0 amide bonds. The molecule has 2 rings (SSSR count). The van der Waals surface area contributed by atoms with E-state index in [0.717, 1.165) is 41.2 Å². The van der Waals surface area contributed by atoms with E-state index in [-0.39, 0.29) is 0 Å². The van der Waals surface area contributed by atoms with Crippen LogP contribution in [0.25, 0.3) is 0 Å². The first-order valence-corrected chi connectivity index (χ1v) is 6.76. The Morgan fingerprint density at radius 3 is 2.79 bits per heavy atom. The third-order valence-electron chi connectivity index (χ3n) is 3.14. The zero-order chi connectivity index (χ0) is 13.8. The molecule has 0 aliphatic rings. The van der Waals surface area contributed by atoms with E-state index < -0.39 is 0 Å². The Labute approximate surface area is 118 Å². The number of aromatic nitrogens is 2. The van der Waals surface area contributed by atoms with Crippen molar-refractivity contribution in [2.75, 3.05) is 7.11 Å². The van der Waals surface area contributed by atoms with Crippen LogP contribution in [0.1, 0.15) is 29.6 Å². The van der Waals surface area contributed by atoms with Gasteiger partial charge in [0, 0.05) is 17.7 Å². The maximum absolute atomic E-state index is 5.34. The summed E-state index contributed by atoms with van der Waals surface area (Å²) in [5.41, 5.74) is 3.39. The molecule has 3 nitrogen and oxygen atoms in total. The number of nitrogens with zero attached hydrogens (tertiary/aromatic N) is 1. The second-order valence-corrected chi connectivity index (χ2v) is 4.86. The van der Waals surface area contributed by atoms with Crippen molar-refractivity contribution < 1.29 is 4.74 Å². The van der Waals surface area contributed by atoms with Crippen molar-refractivity contribution >= 4 is 12.2 Å². The van der Waals surface area contributed by atoms with Gasteiger partial charge >= 0.3 is 0 Å². The Hall–Kier alpha value is -1.68. The Morgan fingerprint density at radius 1 is 1.37 bits per heavy atom. The second kappa shape index (κ2) is 5.97. The normalized spacial score (nSPS) is 10.5. The highest BCUT2D eigenvalue weighted by Crippen LogP contribution is 2.16. The number of aryl methyl sites for hydroxylation is 1. The monoisotopic (exact) mass is 274 g/mol. The van der Waals surface area contributed by atoms with Crippen LogP contribution in [0.5, 0.6) is 5.75 Å². The number of nitrogens with one attached hydrogen (secondary N) is 1. The predicted molar refractivity (Wildman–Crippen MR) is 79.3 cm³/mol. The second-order valence-electron chi connectivity index (χ2n) is 4.47. The van der Waals surface area contributed by atoms with Crippen molar-refractivity contribution in [3.63, 3.8) is 0 Å². The molecule has 0 bridgehead atoms. The molecule has 100 valence electrons. The van der Waals surface area contributed by atoms with Gasteiger partial charge in [-0.3, -0.25) is 0 Å². The van der Waals surface area contributed by atoms with E-state index in [9.17, 15) is 0 Å². The summed E-state index contributed by atoms with van der Waals surface area (Å²) in [4.78, 5) is 7.81. The lowest BCUT2D eigenvalue weighted by molar-refractivity contribution is 0.414. The van der Waals surface area contributed by atoms with Gasteiger partial charge in [0.25, 0.3) is 0 Å². The van der Waals surface area contributed by atoms with Gasteiger partial charge < -0.3 is 9.72 Å². The number of ether oxygens (including phenoxy) is 1. The van der Waals surface area contributed by atoms with Crippen molar-refractivity contribution in [1.82, 2.24) is 9.97 Å². The van der Waals surface area contributed by atoms with E-state index >= 15 is 0 Å². The number of benzene rings is 1. The first kappa shape index (κ1) is 13.7. The van der Waals surface area contributed by atoms with E-state index in [2.05, 4.69) is 23.0 Å². The average Bonchev–Trinajstić information content (AvgIpc) is 2.38. The summed E-state index contributed by atoms with van der Waals surface area (Å²) in [5, 5.41) is 0. The molecule has 1 N–H and O–H groups in total. The minimum Gasteiger partial charge on any atom is -0.497 e. The van der Waals surface area contributed by atoms with Gasteiger partial charge in [-0.25, -0.2) is 4.98 Å². The molecule has 0 aliphatic heterocycles. The van der Waals surface area contributed by atoms with Crippen LogP contribution >= 0.6 is 12.2 Å². The first-order chi connectivity index (χ1) is 9.13. The number of H-pyrrole nitrogens is 1. The number of methoxy groups -OCH3 is 1. The highest BCUT2D eigenvalue weighted by molar-refractivity contribution is 7.71. The molecule has 0 spiro atoms. The van der Waals surface area contributed by atoms with Crippen molar-refractivity contribution in [3.8, 4) is 5.75 Å². The summed E-state index contributed by atoms with van der Waals surface area (Å²) in [6, 6.07) is 7.99. The van der Waals surface area contributed by atoms with Gasteiger partial charge in [-0.15, -0.1) is 0 Å². The topological polar surface area (TPSA) is 37.9 Å². The smallest absolute Gasteiger partial charge is 0.133 e. The minimum atomic E-state index is 0.705. The summed E-state index contributed by atoms with van der Waals surface area (Å²) in [5.74, 6) is 1.76. The maximum atomic E-state index is 5.34. The molecular weight excluding hydrogens is 256 g/mol. The summed E-state index contributed by atoms with van der Waals surface area (Å²) in [7, 11) is 1.67. The predicted octanol–water partition coefficient (Wildman–Crippen LogP) is 3.61. The number of aromatic amines is 1. The Kier molecular flexibility index (Phi) is 4.32. The lowest BCUT2D eigenvalue weighted by Crippen LogP contribution is -2.03. The Balaban J connectivity index is 2.31. The SMILES string of the molecule is CCc1c(C)[nH]c(Cc2cccc(OC)c2)nc1=S. The molecule has 0 saturated carbocycles. The molecule has 1 heterocycles. The molecule has 1 aromatic carbocycles. The van der Waals surface area contributed by atoms with Crippen LogP contribution in [-0.2, 0) is 12.8 Å². The van der Waals surface area contributed by atoms with Crippen LogP contribution in [0.2, 0.25) is 0 Å². The van der Waals surface area contributed by atoms with E-state index in [1.807, 2.05) is 25.1 Å². The van der Waals surface area contributed by atoms with Crippen LogP contribution in [0.4, 0.5) is 0 Å². The molecule has 2 aromatic rings. The van der Waals surface area contributed by atoms with Gasteiger partial charge in [0.1, 0.15) is 16.2 Å². The van der Waals surface area contributed by atoms with Gasteiger partial charge in [-0.2, -0.15) is 0 Å².